The minimum atomic E-state index is -0.211. The highest BCUT2D eigenvalue weighted by molar-refractivity contribution is 5.81. The van der Waals surface area contributed by atoms with E-state index in [2.05, 4.69) is 29.2 Å². The molecule has 1 aromatic rings. The molecule has 0 spiro atoms. The van der Waals surface area contributed by atoms with E-state index in [0.717, 1.165) is 32.4 Å². The third-order valence-corrected chi connectivity index (χ3v) is 5.90. The van der Waals surface area contributed by atoms with Gasteiger partial charge in [-0.3, -0.25) is 9.69 Å². The number of amides is 1. The van der Waals surface area contributed by atoms with Crippen molar-refractivity contribution in [2.24, 2.45) is 5.41 Å². The number of carbonyl (C=O) groups is 1. The Labute approximate surface area is 150 Å². The summed E-state index contributed by atoms with van der Waals surface area (Å²) in [5, 5.41) is 9.86. The molecule has 0 saturated carbocycles. The van der Waals surface area contributed by atoms with Crippen LogP contribution in [0.5, 0.6) is 0 Å². The highest BCUT2D eigenvalue weighted by Gasteiger charge is 2.36. The molecular formula is C20H30N2O3. The first-order chi connectivity index (χ1) is 12.0. The number of carbonyl (C=O) groups excluding carboxylic acids is 1. The largest absolute Gasteiger partial charge is 0.396 e. The van der Waals surface area contributed by atoms with Crippen LogP contribution in [0.15, 0.2) is 24.3 Å². The minimum Gasteiger partial charge on any atom is -0.396 e. The van der Waals surface area contributed by atoms with Gasteiger partial charge in [-0.25, -0.2) is 0 Å². The summed E-state index contributed by atoms with van der Waals surface area (Å²) >= 11 is 0. The lowest BCUT2D eigenvalue weighted by Crippen LogP contribution is -2.51. The number of benzene rings is 1. The maximum absolute atomic E-state index is 13.0. The lowest BCUT2D eigenvalue weighted by molar-refractivity contribution is -0.138. The van der Waals surface area contributed by atoms with Crippen LogP contribution >= 0.6 is 0 Å². The van der Waals surface area contributed by atoms with Gasteiger partial charge in [0.2, 0.25) is 5.91 Å². The standard InChI is InChI=1S/C20H30N2O3/c1-16(22-10-7-17-5-3-4-6-18(17)13-22)19(24)21(2)14-20(15-23)8-11-25-12-9-20/h3-6,16,23H,7-15H2,1-2H3/t16-/m0/s1. The van der Waals surface area contributed by atoms with E-state index in [1.54, 1.807) is 0 Å². The third-order valence-electron chi connectivity index (χ3n) is 5.90. The molecule has 2 aliphatic rings. The van der Waals surface area contributed by atoms with Gasteiger partial charge in [0.25, 0.3) is 0 Å². The van der Waals surface area contributed by atoms with Crippen molar-refractivity contribution in [1.82, 2.24) is 9.80 Å². The van der Waals surface area contributed by atoms with Crippen LogP contribution in [0.1, 0.15) is 30.9 Å². The second-order valence-corrected chi connectivity index (χ2v) is 7.63. The lowest BCUT2D eigenvalue weighted by Gasteiger charge is -2.40. The highest BCUT2D eigenvalue weighted by atomic mass is 16.5. The number of hydrogen-bond donors (Lipinski definition) is 1. The fourth-order valence-corrected chi connectivity index (χ4v) is 4.07. The first-order valence-electron chi connectivity index (χ1n) is 9.29. The summed E-state index contributed by atoms with van der Waals surface area (Å²) < 4.78 is 5.42. The zero-order valence-electron chi connectivity index (χ0n) is 15.4. The van der Waals surface area contributed by atoms with Crippen molar-refractivity contribution in [3.05, 3.63) is 35.4 Å². The van der Waals surface area contributed by atoms with E-state index in [1.165, 1.54) is 11.1 Å². The molecule has 1 amide bonds. The molecule has 1 saturated heterocycles. The Hall–Kier alpha value is -1.43. The van der Waals surface area contributed by atoms with Gasteiger partial charge in [-0.1, -0.05) is 24.3 Å². The predicted octanol–water partition coefficient (Wildman–Crippen LogP) is 1.68. The topological polar surface area (TPSA) is 53.0 Å². The minimum absolute atomic E-state index is 0.111. The van der Waals surface area contributed by atoms with Crippen molar-refractivity contribution >= 4 is 5.91 Å². The van der Waals surface area contributed by atoms with E-state index in [0.29, 0.717) is 19.8 Å². The normalized spacial score (nSPS) is 21.4. The molecule has 0 radical (unpaired) electrons. The van der Waals surface area contributed by atoms with Gasteiger partial charge < -0.3 is 14.7 Å². The molecule has 1 aromatic carbocycles. The quantitative estimate of drug-likeness (QED) is 0.881. The molecule has 5 heteroatoms. The average molecular weight is 346 g/mol. The number of aliphatic hydroxyl groups is 1. The maximum Gasteiger partial charge on any atom is 0.239 e. The number of aliphatic hydroxyl groups excluding tert-OH is 1. The van der Waals surface area contributed by atoms with Crippen LogP contribution < -0.4 is 0 Å². The average Bonchev–Trinajstić information content (AvgIpc) is 2.67. The Bertz CT molecular complexity index is 598. The van der Waals surface area contributed by atoms with Crippen molar-refractivity contribution < 1.29 is 14.6 Å². The summed E-state index contributed by atoms with van der Waals surface area (Å²) in [7, 11) is 1.86. The Morgan fingerprint density at radius 3 is 2.68 bits per heavy atom. The molecule has 3 rings (SSSR count). The Morgan fingerprint density at radius 1 is 1.32 bits per heavy atom. The first kappa shape index (κ1) is 18.4. The van der Waals surface area contributed by atoms with Crippen molar-refractivity contribution in [2.75, 3.05) is 40.0 Å². The number of hydrogen-bond acceptors (Lipinski definition) is 4. The van der Waals surface area contributed by atoms with Gasteiger partial charge in [-0.2, -0.15) is 0 Å². The molecular weight excluding hydrogens is 316 g/mol. The number of nitrogens with zero attached hydrogens (tertiary/aromatic N) is 2. The molecule has 0 aliphatic carbocycles. The number of likely N-dealkylation sites (N-methyl/N-ethyl adjacent to an activating group) is 1. The van der Waals surface area contributed by atoms with Gasteiger partial charge in [0.05, 0.1) is 12.6 Å². The van der Waals surface area contributed by atoms with Crippen molar-refractivity contribution in [3.8, 4) is 0 Å². The van der Waals surface area contributed by atoms with Gasteiger partial charge in [-0.15, -0.1) is 0 Å². The molecule has 0 bridgehead atoms. The lowest BCUT2D eigenvalue weighted by atomic mass is 9.80. The van der Waals surface area contributed by atoms with E-state index in [1.807, 2.05) is 18.9 Å². The fraction of sp³-hybridized carbons (Fsp3) is 0.650. The van der Waals surface area contributed by atoms with E-state index < -0.39 is 0 Å². The number of rotatable bonds is 5. The van der Waals surface area contributed by atoms with E-state index in [-0.39, 0.29) is 24.0 Å². The summed E-state index contributed by atoms with van der Waals surface area (Å²) in [5.74, 6) is 0.138. The Balaban J connectivity index is 1.62. The molecule has 0 aromatic heterocycles. The first-order valence-corrected chi connectivity index (χ1v) is 9.29. The zero-order valence-corrected chi connectivity index (χ0v) is 15.4. The number of ether oxygens (including phenoxy) is 1. The van der Waals surface area contributed by atoms with Gasteiger partial charge in [0.15, 0.2) is 0 Å². The highest BCUT2D eigenvalue weighted by Crippen LogP contribution is 2.31. The van der Waals surface area contributed by atoms with Crippen LogP contribution in [-0.2, 0) is 22.5 Å². The summed E-state index contributed by atoms with van der Waals surface area (Å²) in [4.78, 5) is 17.0. The van der Waals surface area contributed by atoms with Crippen molar-refractivity contribution in [3.63, 3.8) is 0 Å². The van der Waals surface area contributed by atoms with Crippen molar-refractivity contribution in [1.29, 1.82) is 0 Å². The smallest absolute Gasteiger partial charge is 0.239 e. The summed E-state index contributed by atoms with van der Waals surface area (Å²) in [6.45, 7) is 5.79. The summed E-state index contributed by atoms with van der Waals surface area (Å²) in [6, 6.07) is 8.34. The number of fused-ring (bicyclic) bond motifs is 1. The van der Waals surface area contributed by atoms with Crippen LogP contribution in [0.25, 0.3) is 0 Å². The van der Waals surface area contributed by atoms with Crippen LogP contribution in [-0.4, -0.2) is 66.8 Å². The Kier molecular flexibility index (Phi) is 5.77. The van der Waals surface area contributed by atoms with Crippen molar-refractivity contribution in [2.45, 2.75) is 38.8 Å². The maximum atomic E-state index is 13.0. The Morgan fingerprint density at radius 2 is 2.00 bits per heavy atom. The fourth-order valence-electron chi connectivity index (χ4n) is 4.07. The summed E-state index contributed by atoms with van der Waals surface area (Å²) in [5.41, 5.74) is 2.51. The second kappa shape index (κ2) is 7.85. The monoisotopic (exact) mass is 346 g/mol. The van der Waals surface area contributed by atoms with E-state index in [4.69, 9.17) is 4.74 Å². The van der Waals surface area contributed by atoms with Crippen LogP contribution in [0.2, 0.25) is 0 Å². The molecule has 5 nitrogen and oxygen atoms in total. The van der Waals surface area contributed by atoms with Crippen LogP contribution in [0, 0.1) is 5.41 Å². The second-order valence-electron chi connectivity index (χ2n) is 7.63. The molecule has 25 heavy (non-hydrogen) atoms. The molecule has 1 atom stereocenters. The van der Waals surface area contributed by atoms with Crippen LogP contribution in [0.3, 0.4) is 0 Å². The molecule has 0 unspecified atom stereocenters. The molecule has 138 valence electrons. The van der Waals surface area contributed by atoms with Gasteiger partial charge in [0.1, 0.15) is 0 Å². The van der Waals surface area contributed by atoms with Gasteiger partial charge in [-0.05, 0) is 37.3 Å². The zero-order chi connectivity index (χ0) is 17.9. The van der Waals surface area contributed by atoms with Gasteiger partial charge in [0, 0.05) is 45.3 Å². The SMILES string of the molecule is C[C@@H](C(=O)N(C)CC1(CO)CCOCC1)N1CCc2ccccc2C1. The van der Waals surface area contributed by atoms with Crippen LogP contribution in [0.4, 0.5) is 0 Å². The molecule has 2 heterocycles. The molecule has 1 N–H and O–H groups in total. The van der Waals surface area contributed by atoms with E-state index >= 15 is 0 Å². The molecule has 1 fully saturated rings. The predicted molar refractivity (Wildman–Crippen MR) is 97.2 cm³/mol. The third kappa shape index (κ3) is 4.05. The van der Waals surface area contributed by atoms with E-state index in [9.17, 15) is 9.90 Å². The van der Waals surface area contributed by atoms with Gasteiger partial charge >= 0.3 is 0 Å². The summed E-state index contributed by atoms with van der Waals surface area (Å²) in [6.07, 6.45) is 2.62. The molecule has 2 aliphatic heterocycles.